The zero-order valence-electron chi connectivity index (χ0n) is 11.5. The maximum Gasteiger partial charge on any atom is 0.238 e. The van der Waals surface area contributed by atoms with Crippen LogP contribution in [0.15, 0.2) is 40.2 Å². The molecule has 0 saturated heterocycles. The van der Waals surface area contributed by atoms with E-state index in [-0.39, 0.29) is 12.5 Å². The third kappa shape index (κ3) is 4.67. The van der Waals surface area contributed by atoms with Gasteiger partial charge in [-0.05, 0) is 47.2 Å². The molecule has 0 radical (unpaired) electrons. The average molecular weight is 364 g/mol. The number of carbonyl (C=O) groups excluding carboxylic acids is 1. The molecule has 1 heterocycles. The number of hydrogen-bond donors (Lipinski definition) is 1. The molecule has 21 heavy (non-hydrogen) atoms. The molecule has 0 fully saturated rings. The third-order valence-electron chi connectivity index (χ3n) is 2.79. The summed E-state index contributed by atoms with van der Waals surface area (Å²) in [6.07, 6.45) is 0. The number of para-hydroxylation sites is 1. The number of hydrogen-bond acceptors (Lipinski definition) is 4. The summed E-state index contributed by atoms with van der Waals surface area (Å²) >= 11 is 5.08. The molecule has 1 aromatic carbocycles. The maximum atomic E-state index is 12.0. The van der Waals surface area contributed by atoms with Crippen LogP contribution in [0.2, 0.25) is 0 Å². The Kier molecular flexibility index (Phi) is 5.51. The monoisotopic (exact) mass is 363 g/mol. The van der Waals surface area contributed by atoms with Crippen LogP contribution >= 0.6 is 27.3 Å². The van der Waals surface area contributed by atoms with E-state index in [0.717, 1.165) is 3.79 Å². The number of likely N-dealkylation sites (N-methyl/N-ethyl adjacent to an activating group) is 1. The fraction of sp³-hybridized carbons (Fsp3) is 0.200. The van der Waals surface area contributed by atoms with Gasteiger partial charge in [0.2, 0.25) is 5.91 Å². The first kappa shape index (κ1) is 15.7. The summed E-state index contributed by atoms with van der Waals surface area (Å²) in [5.74, 6) is -0.129. The van der Waals surface area contributed by atoms with Gasteiger partial charge in [-0.1, -0.05) is 12.1 Å². The normalized spacial score (nSPS) is 10.4. The molecule has 2 rings (SSSR count). The molecule has 0 aliphatic carbocycles. The molecule has 1 amide bonds. The lowest BCUT2D eigenvalue weighted by molar-refractivity contribution is -0.117. The second kappa shape index (κ2) is 7.36. The first-order valence-corrected chi connectivity index (χ1v) is 7.91. The van der Waals surface area contributed by atoms with Gasteiger partial charge in [-0.25, -0.2) is 0 Å². The summed E-state index contributed by atoms with van der Waals surface area (Å²) in [5.41, 5.74) is 1.02. The molecule has 1 N–H and O–H groups in total. The van der Waals surface area contributed by atoms with Crippen molar-refractivity contribution in [2.24, 2.45) is 0 Å². The standard InChI is InChI=1S/C15H14BrN3OS/c1-19(9-12-6-7-14(16)21-12)10-15(20)18-13-5-3-2-4-11(13)8-17/h2-7H,9-10H2,1H3,(H,18,20). The number of halogens is 1. The van der Waals surface area contributed by atoms with Crippen LogP contribution in [-0.4, -0.2) is 24.4 Å². The number of rotatable bonds is 5. The highest BCUT2D eigenvalue weighted by Crippen LogP contribution is 2.23. The van der Waals surface area contributed by atoms with Crippen molar-refractivity contribution in [2.45, 2.75) is 6.54 Å². The molecule has 6 heteroatoms. The number of carbonyl (C=O) groups is 1. The van der Waals surface area contributed by atoms with Crippen LogP contribution < -0.4 is 5.32 Å². The van der Waals surface area contributed by atoms with Gasteiger partial charge < -0.3 is 5.32 Å². The lowest BCUT2D eigenvalue weighted by Gasteiger charge is -2.15. The predicted molar refractivity (Wildman–Crippen MR) is 88.1 cm³/mol. The van der Waals surface area contributed by atoms with Gasteiger partial charge in [0.1, 0.15) is 6.07 Å². The number of benzene rings is 1. The Hall–Kier alpha value is -1.68. The van der Waals surface area contributed by atoms with Crippen LogP contribution in [0.25, 0.3) is 0 Å². The van der Waals surface area contributed by atoms with Crippen LogP contribution in [-0.2, 0) is 11.3 Å². The van der Waals surface area contributed by atoms with Crippen molar-refractivity contribution in [1.82, 2.24) is 4.90 Å². The fourth-order valence-corrected chi connectivity index (χ4v) is 3.45. The SMILES string of the molecule is CN(CC(=O)Nc1ccccc1C#N)Cc1ccc(Br)s1. The third-order valence-corrected chi connectivity index (χ3v) is 4.40. The van der Waals surface area contributed by atoms with Gasteiger partial charge in [0.25, 0.3) is 0 Å². The van der Waals surface area contributed by atoms with Crippen molar-refractivity contribution in [3.8, 4) is 6.07 Å². The molecule has 0 aliphatic rings. The van der Waals surface area contributed by atoms with E-state index < -0.39 is 0 Å². The van der Waals surface area contributed by atoms with Crippen LogP contribution in [0.4, 0.5) is 5.69 Å². The zero-order chi connectivity index (χ0) is 15.2. The van der Waals surface area contributed by atoms with E-state index in [4.69, 9.17) is 5.26 Å². The minimum Gasteiger partial charge on any atom is -0.324 e. The number of amides is 1. The summed E-state index contributed by atoms with van der Waals surface area (Å²) in [4.78, 5) is 15.1. The maximum absolute atomic E-state index is 12.0. The molecule has 0 aliphatic heterocycles. The molecule has 0 unspecified atom stereocenters. The minimum absolute atomic E-state index is 0.129. The van der Waals surface area contributed by atoms with Crippen molar-refractivity contribution in [3.63, 3.8) is 0 Å². The second-order valence-corrected chi connectivity index (χ2v) is 7.13. The zero-order valence-corrected chi connectivity index (χ0v) is 13.9. The Morgan fingerprint density at radius 1 is 1.38 bits per heavy atom. The highest BCUT2D eigenvalue weighted by molar-refractivity contribution is 9.11. The summed E-state index contributed by atoms with van der Waals surface area (Å²) < 4.78 is 1.08. The minimum atomic E-state index is -0.129. The topological polar surface area (TPSA) is 56.1 Å². The number of thiophene rings is 1. The van der Waals surface area contributed by atoms with Gasteiger partial charge in [0.05, 0.1) is 21.6 Å². The first-order valence-electron chi connectivity index (χ1n) is 6.30. The van der Waals surface area contributed by atoms with Crippen molar-refractivity contribution < 1.29 is 4.79 Å². The number of anilines is 1. The Morgan fingerprint density at radius 2 is 2.14 bits per heavy atom. The van der Waals surface area contributed by atoms with E-state index in [0.29, 0.717) is 17.8 Å². The van der Waals surface area contributed by atoms with Crippen LogP contribution in [0.5, 0.6) is 0 Å². The smallest absolute Gasteiger partial charge is 0.238 e. The van der Waals surface area contributed by atoms with E-state index in [1.807, 2.05) is 24.1 Å². The van der Waals surface area contributed by atoms with Gasteiger partial charge in [-0.15, -0.1) is 11.3 Å². The molecule has 0 bridgehead atoms. The van der Waals surface area contributed by atoms with Crippen molar-refractivity contribution >= 4 is 38.9 Å². The number of nitrogens with zero attached hydrogens (tertiary/aromatic N) is 2. The second-order valence-electron chi connectivity index (χ2n) is 4.58. The fourth-order valence-electron chi connectivity index (χ4n) is 1.88. The average Bonchev–Trinajstić information content (AvgIpc) is 2.84. The Morgan fingerprint density at radius 3 is 2.81 bits per heavy atom. The van der Waals surface area contributed by atoms with Crippen LogP contribution in [0, 0.1) is 11.3 Å². The van der Waals surface area contributed by atoms with Gasteiger partial charge in [0, 0.05) is 11.4 Å². The van der Waals surface area contributed by atoms with Crippen molar-refractivity contribution in [2.75, 3.05) is 18.9 Å². The van der Waals surface area contributed by atoms with Gasteiger partial charge in [-0.2, -0.15) is 5.26 Å². The van der Waals surface area contributed by atoms with Crippen molar-refractivity contribution in [1.29, 1.82) is 5.26 Å². The molecule has 1 aromatic heterocycles. The molecule has 108 valence electrons. The Labute approximate surface area is 136 Å². The lowest BCUT2D eigenvalue weighted by Crippen LogP contribution is -2.29. The summed E-state index contributed by atoms with van der Waals surface area (Å²) in [6.45, 7) is 0.985. The first-order chi connectivity index (χ1) is 10.1. The van der Waals surface area contributed by atoms with E-state index in [9.17, 15) is 4.79 Å². The molecular weight excluding hydrogens is 350 g/mol. The van der Waals surface area contributed by atoms with Crippen LogP contribution in [0.1, 0.15) is 10.4 Å². The quantitative estimate of drug-likeness (QED) is 0.884. The van der Waals surface area contributed by atoms with Gasteiger partial charge in [-0.3, -0.25) is 9.69 Å². The Bertz CT molecular complexity index is 678. The van der Waals surface area contributed by atoms with E-state index in [2.05, 4.69) is 27.3 Å². The molecule has 0 spiro atoms. The summed E-state index contributed by atoms with van der Waals surface area (Å²) in [5, 5.41) is 11.8. The predicted octanol–water partition coefficient (Wildman–Crippen LogP) is 3.45. The van der Waals surface area contributed by atoms with E-state index in [1.165, 1.54) is 4.88 Å². The number of nitriles is 1. The Balaban J connectivity index is 1.91. The molecule has 2 aromatic rings. The molecule has 0 saturated carbocycles. The highest BCUT2D eigenvalue weighted by atomic mass is 79.9. The summed E-state index contributed by atoms with van der Waals surface area (Å²) in [7, 11) is 1.89. The van der Waals surface area contributed by atoms with E-state index >= 15 is 0 Å². The number of nitrogens with one attached hydrogen (secondary N) is 1. The van der Waals surface area contributed by atoms with E-state index in [1.54, 1.807) is 35.6 Å². The highest BCUT2D eigenvalue weighted by Gasteiger charge is 2.10. The molecule has 4 nitrogen and oxygen atoms in total. The lowest BCUT2D eigenvalue weighted by atomic mass is 10.2. The van der Waals surface area contributed by atoms with Gasteiger partial charge >= 0.3 is 0 Å². The largest absolute Gasteiger partial charge is 0.324 e. The van der Waals surface area contributed by atoms with Crippen molar-refractivity contribution in [3.05, 3.63) is 50.6 Å². The molecule has 0 atom stereocenters. The summed E-state index contributed by atoms with van der Waals surface area (Å²) in [6, 6.07) is 13.1. The molecular formula is C15H14BrN3OS. The van der Waals surface area contributed by atoms with Gasteiger partial charge in [0.15, 0.2) is 0 Å². The van der Waals surface area contributed by atoms with Crippen LogP contribution in [0.3, 0.4) is 0 Å².